The first-order valence-corrected chi connectivity index (χ1v) is 18.7. The molecule has 2 aromatic rings. The third kappa shape index (κ3) is 13.0. The second-order valence-electron chi connectivity index (χ2n) is 12.4. The van der Waals surface area contributed by atoms with Crippen molar-refractivity contribution in [3.8, 4) is 11.5 Å². The molecule has 0 heterocycles. The average molecular weight is 883 g/mol. The molecular formula is C34H36F18O2S2. The fourth-order valence-electron chi connectivity index (χ4n) is 4.63. The van der Waals surface area contributed by atoms with Gasteiger partial charge in [0.15, 0.2) is 0 Å². The highest BCUT2D eigenvalue weighted by atomic mass is 32.2. The second-order valence-corrected chi connectivity index (χ2v) is 14.7. The highest BCUT2D eigenvalue weighted by Crippen LogP contribution is 2.55. The molecule has 0 amide bonds. The van der Waals surface area contributed by atoms with Gasteiger partial charge in [-0.1, -0.05) is 38.5 Å². The fraction of sp³-hybridized carbons (Fsp3) is 0.647. The van der Waals surface area contributed by atoms with Crippen molar-refractivity contribution in [2.45, 2.75) is 122 Å². The van der Waals surface area contributed by atoms with Gasteiger partial charge >= 0.3 is 47.9 Å². The van der Waals surface area contributed by atoms with E-state index in [0.717, 1.165) is 38.5 Å². The van der Waals surface area contributed by atoms with Crippen molar-refractivity contribution < 1.29 is 88.5 Å². The normalized spacial score (nSPS) is 14.0. The number of alkyl halides is 18. The molecule has 22 heteroatoms. The molecule has 0 N–H and O–H groups in total. The SMILES string of the molecule is FC(F)(F)C(F)(F)C(F)(F)C(F)(F)CCSc1ccc(OCCCCCCCCCCOc2ccc(SCCC(F)(F)C(F)(F)C(F)(F)C(F)(F)F)cc2)cc1. The Morgan fingerprint density at radius 1 is 0.357 bits per heavy atom. The third-order valence-electron chi connectivity index (χ3n) is 8.01. The van der Waals surface area contributed by atoms with E-state index in [1.165, 1.54) is 48.5 Å². The van der Waals surface area contributed by atoms with Crippen molar-refractivity contribution in [3.63, 3.8) is 0 Å². The lowest BCUT2D eigenvalue weighted by molar-refractivity contribution is -0.396. The summed E-state index contributed by atoms with van der Waals surface area (Å²) in [4.78, 5) is 0.542. The zero-order chi connectivity index (χ0) is 42.7. The van der Waals surface area contributed by atoms with Crippen LogP contribution in [0, 0.1) is 0 Å². The van der Waals surface area contributed by atoms with E-state index in [2.05, 4.69) is 0 Å². The van der Waals surface area contributed by atoms with Gasteiger partial charge in [-0.15, -0.1) is 23.5 Å². The Kier molecular flexibility index (Phi) is 17.7. The number of hydrogen-bond acceptors (Lipinski definition) is 4. The van der Waals surface area contributed by atoms with Gasteiger partial charge in [-0.2, -0.15) is 79.0 Å². The van der Waals surface area contributed by atoms with Crippen molar-refractivity contribution in [3.05, 3.63) is 48.5 Å². The molecule has 0 aliphatic rings. The molecule has 0 spiro atoms. The molecule has 322 valence electrons. The Hall–Kier alpha value is -2.52. The summed E-state index contributed by atoms with van der Waals surface area (Å²) in [7, 11) is 0. The molecule has 56 heavy (non-hydrogen) atoms. The molecule has 2 aromatic carbocycles. The zero-order valence-electron chi connectivity index (χ0n) is 29.0. The van der Waals surface area contributed by atoms with Crippen LogP contribution in [0.25, 0.3) is 0 Å². The van der Waals surface area contributed by atoms with Gasteiger partial charge in [-0.05, 0) is 61.4 Å². The Balaban J connectivity index is 1.54. The maximum Gasteiger partial charge on any atom is 0.460 e. The van der Waals surface area contributed by atoms with Crippen LogP contribution in [0.4, 0.5) is 79.0 Å². The summed E-state index contributed by atoms with van der Waals surface area (Å²) in [5.74, 6) is -39.3. The van der Waals surface area contributed by atoms with Crippen LogP contribution in [-0.4, -0.2) is 72.6 Å². The number of benzene rings is 2. The van der Waals surface area contributed by atoms with Crippen molar-refractivity contribution >= 4 is 23.5 Å². The van der Waals surface area contributed by atoms with Gasteiger partial charge in [0.2, 0.25) is 0 Å². The lowest BCUT2D eigenvalue weighted by Gasteiger charge is -2.33. The lowest BCUT2D eigenvalue weighted by Crippen LogP contribution is -2.60. The van der Waals surface area contributed by atoms with E-state index in [-0.39, 0.29) is 9.79 Å². The summed E-state index contributed by atoms with van der Waals surface area (Å²) in [6, 6.07) is 11.4. The number of thioether (sulfide) groups is 2. The molecule has 0 aromatic heterocycles. The van der Waals surface area contributed by atoms with Gasteiger partial charge < -0.3 is 9.47 Å². The third-order valence-corrected chi connectivity index (χ3v) is 10.0. The number of unbranched alkanes of at least 4 members (excludes halogenated alkanes) is 7. The average Bonchev–Trinajstić information content (AvgIpc) is 3.08. The molecule has 0 saturated carbocycles. The highest BCUT2D eigenvalue weighted by molar-refractivity contribution is 7.99. The predicted octanol–water partition coefficient (Wildman–Crippen LogP) is 14.2. The smallest absolute Gasteiger partial charge is 0.460 e. The van der Waals surface area contributed by atoms with Crippen molar-refractivity contribution in [1.82, 2.24) is 0 Å². The van der Waals surface area contributed by atoms with Crippen LogP contribution in [0.2, 0.25) is 0 Å². The molecule has 0 saturated heterocycles. The minimum atomic E-state index is -6.91. The van der Waals surface area contributed by atoms with Crippen LogP contribution < -0.4 is 9.47 Å². The first-order chi connectivity index (χ1) is 25.6. The molecule has 0 fully saturated rings. The number of rotatable bonds is 25. The highest BCUT2D eigenvalue weighted by Gasteiger charge is 2.82. The summed E-state index contributed by atoms with van der Waals surface area (Å²) in [6.45, 7) is 0.694. The van der Waals surface area contributed by atoms with E-state index < -0.39 is 72.2 Å². The molecular weight excluding hydrogens is 846 g/mol. The largest absolute Gasteiger partial charge is 0.494 e. The number of ether oxygens (including phenoxy) is 2. The number of hydrogen-bond donors (Lipinski definition) is 0. The van der Waals surface area contributed by atoms with E-state index in [4.69, 9.17) is 9.47 Å². The molecule has 2 nitrogen and oxygen atoms in total. The maximum atomic E-state index is 13.7. The van der Waals surface area contributed by atoms with Gasteiger partial charge in [-0.3, -0.25) is 0 Å². The van der Waals surface area contributed by atoms with Crippen LogP contribution in [0.5, 0.6) is 11.5 Å². The topological polar surface area (TPSA) is 18.5 Å². The van der Waals surface area contributed by atoms with E-state index in [1.54, 1.807) is 0 Å². The quantitative estimate of drug-likeness (QED) is 0.0562. The van der Waals surface area contributed by atoms with Crippen LogP contribution in [0.3, 0.4) is 0 Å². The Morgan fingerprint density at radius 3 is 0.893 bits per heavy atom. The first kappa shape index (κ1) is 49.6. The van der Waals surface area contributed by atoms with E-state index in [9.17, 15) is 79.0 Å². The van der Waals surface area contributed by atoms with E-state index in [0.29, 0.717) is 61.1 Å². The Bertz CT molecular complexity index is 1340. The Morgan fingerprint density at radius 2 is 0.625 bits per heavy atom. The van der Waals surface area contributed by atoms with Crippen LogP contribution >= 0.6 is 23.5 Å². The van der Waals surface area contributed by atoms with E-state index in [1.807, 2.05) is 0 Å². The van der Waals surface area contributed by atoms with Gasteiger partial charge in [-0.25, -0.2) is 0 Å². The van der Waals surface area contributed by atoms with Gasteiger partial charge in [0, 0.05) is 34.1 Å². The molecule has 0 aliphatic carbocycles. The molecule has 0 unspecified atom stereocenters. The maximum absolute atomic E-state index is 13.7. The van der Waals surface area contributed by atoms with Gasteiger partial charge in [0.25, 0.3) is 0 Å². The zero-order valence-corrected chi connectivity index (χ0v) is 30.6. The minimum absolute atomic E-state index is 0.271. The van der Waals surface area contributed by atoms with Gasteiger partial charge in [0.1, 0.15) is 11.5 Å². The second kappa shape index (κ2) is 20.0. The molecule has 0 atom stereocenters. The van der Waals surface area contributed by atoms with Gasteiger partial charge in [0.05, 0.1) is 13.2 Å². The summed E-state index contributed by atoms with van der Waals surface area (Å²) in [5.41, 5.74) is 0. The monoisotopic (exact) mass is 882 g/mol. The molecule has 0 radical (unpaired) electrons. The van der Waals surface area contributed by atoms with Crippen LogP contribution in [-0.2, 0) is 0 Å². The summed E-state index contributed by atoms with van der Waals surface area (Å²) in [6.07, 6.45) is -10.8. The van der Waals surface area contributed by atoms with Crippen molar-refractivity contribution in [2.24, 2.45) is 0 Å². The molecule has 0 bridgehead atoms. The first-order valence-electron chi connectivity index (χ1n) is 16.7. The molecule has 2 rings (SSSR count). The lowest BCUT2D eigenvalue weighted by atomic mass is 10.0. The van der Waals surface area contributed by atoms with Crippen LogP contribution in [0.1, 0.15) is 64.2 Å². The summed E-state index contributed by atoms with van der Waals surface area (Å²) in [5, 5.41) is 0. The number of halogens is 18. The summed E-state index contributed by atoms with van der Waals surface area (Å²) >= 11 is 1.13. The van der Waals surface area contributed by atoms with Crippen molar-refractivity contribution in [2.75, 3.05) is 24.7 Å². The minimum Gasteiger partial charge on any atom is -0.494 e. The standard InChI is InChI=1S/C34H36F18O2S2/c35-27(36,29(39,40)31(43,44)33(47,48)49)17-21-55-25-13-9-23(10-14-25)53-19-7-5-3-1-2-4-6-8-20-54-24-11-15-26(16-12-24)56-22-18-28(37,38)30(41,42)32(45,46)34(50,51)52/h9-16H,1-8,17-22H2. The van der Waals surface area contributed by atoms with Crippen LogP contribution in [0.15, 0.2) is 58.3 Å². The Labute approximate surface area is 318 Å². The van der Waals surface area contributed by atoms with E-state index >= 15 is 0 Å². The fourth-order valence-corrected chi connectivity index (χ4v) is 6.48. The summed E-state index contributed by atoms with van der Waals surface area (Å²) < 4.78 is 245. The molecule has 0 aliphatic heterocycles. The predicted molar refractivity (Wildman–Crippen MR) is 173 cm³/mol. The van der Waals surface area contributed by atoms with Crippen molar-refractivity contribution in [1.29, 1.82) is 0 Å².